The normalized spacial score (nSPS) is 21.7. The van der Waals surface area contributed by atoms with Gasteiger partial charge in [-0.25, -0.2) is 0 Å². The molecule has 1 aromatic rings. The lowest BCUT2D eigenvalue weighted by atomic mass is 9.87. The number of carbonyl (C=O) groups is 2. The van der Waals surface area contributed by atoms with E-state index in [-0.39, 0.29) is 23.1 Å². The molecule has 0 bridgehead atoms. The average molecular weight is 313 g/mol. The predicted molar refractivity (Wildman–Crippen MR) is 73.9 cm³/mol. The Morgan fingerprint density at radius 1 is 1.41 bits per heavy atom. The lowest BCUT2D eigenvalue weighted by molar-refractivity contribution is -0.145. The maximum Gasteiger partial charge on any atom is 0.387 e. The van der Waals surface area contributed by atoms with Gasteiger partial charge < -0.3 is 14.7 Å². The summed E-state index contributed by atoms with van der Waals surface area (Å²) in [6.45, 7) is -0.499. The Hall–Kier alpha value is -2.18. The van der Waals surface area contributed by atoms with E-state index >= 15 is 0 Å². The molecule has 0 aromatic heterocycles. The first kappa shape index (κ1) is 16.2. The number of carboxylic acids is 1. The summed E-state index contributed by atoms with van der Waals surface area (Å²) in [7, 11) is 0. The molecular weight excluding hydrogens is 296 g/mol. The number of ether oxygens (including phenoxy) is 1. The molecule has 2 unspecified atom stereocenters. The van der Waals surface area contributed by atoms with E-state index in [1.165, 1.54) is 24.3 Å². The van der Waals surface area contributed by atoms with Crippen LogP contribution in [0.3, 0.4) is 0 Å². The van der Waals surface area contributed by atoms with Gasteiger partial charge in [-0.2, -0.15) is 8.78 Å². The third kappa shape index (κ3) is 3.72. The molecule has 120 valence electrons. The van der Waals surface area contributed by atoms with E-state index in [4.69, 9.17) is 5.11 Å². The number of hydrogen-bond acceptors (Lipinski definition) is 3. The SMILES string of the molecule is CC1CN(C(=O)c2cccc(OC(F)F)c2)CCC1C(=O)O. The fourth-order valence-electron chi connectivity index (χ4n) is 2.68. The van der Waals surface area contributed by atoms with Crippen LogP contribution in [0.25, 0.3) is 0 Å². The van der Waals surface area contributed by atoms with Gasteiger partial charge in [-0.3, -0.25) is 9.59 Å². The Labute approximate surface area is 126 Å². The molecule has 1 saturated heterocycles. The fraction of sp³-hybridized carbons (Fsp3) is 0.467. The van der Waals surface area contributed by atoms with Gasteiger partial charge in [0.2, 0.25) is 0 Å². The number of carboxylic acid groups (broad SMARTS) is 1. The number of carbonyl (C=O) groups excluding carboxylic acids is 1. The molecular formula is C15H17F2NO4. The smallest absolute Gasteiger partial charge is 0.387 e. The molecule has 0 radical (unpaired) electrons. The van der Waals surface area contributed by atoms with Crippen molar-refractivity contribution in [2.45, 2.75) is 20.0 Å². The number of piperidine rings is 1. The van der Waals surface area contributed by atoms with Crippen molar-refractivity contribution in [3.8, 4) is 5.75 Å². The number of nitrogens with zero attached hydrogens (tertiary/aromatic N) is 1. The zero-order valence-electron chi connectivity index (χ0n) is 12.0. The Kier molecular flexibility index (Phi) is 4.95. The second-order valence-corrected chi connectivity index (χ2v) is 5.37. The standard InChI is InChI=1S/C15H17F2NO4/c1-9-8-18(6-5-12(9)14(20)21)13(19)10-3-2-4-11(7-10)22-15(16)17/h2-4,7,9,12,15H,5-6,8H2,1H3,(H,20,21). The van der Waals surface area contributed by atoms with E-state index < -0.39 is 18.5 Å². The van der Waals surface area contributed by atoms with Crippen molar-refractivity contribution >= 4 is 11.9 Å². The largest absolute Gasteiger partial charge is 0.481 e. The lowest BCUT2D eigenvalue weighted by Crippen LogP contribution is -2.45. The van der Waals surface area contributed by atoms with Crippen LogP contribution in [-0.4, -0.2) is 41.6 Å². The van der Waals surface area contributed by atoms with Gasteiger partial charge in [-0.1, -0.05) is 13.0 Å². The van der Waals surface area contributed by atoms with Crippen LogP contribution in [0.15, 0.2) is 24.3 Å². The van der Waals surface area contributed by atoms with Gasteiger partial charge in [0.15, 0.2) is 0 Å². The zero-order chi connectivity index (χ0) is 16.3. The number of likely N-dealkylation sites (tertiary alicyclic amines) is 1. The van der Waals surface area contributed by atoms with Crippen LogP contribution in [0.1, 0.15) is 23.7 Å². The molecule has 1 N–H and O–H groups in total. The number of halogens is 2. The van der Waals surface area contributed by atoms with Crippen LogP contribution in [0.4, 0.5) is 8.78 Å². The highest BCUT2D eigenvalue weighted by Gasteiger charge is 2.33. The summed E-state index contributed by atoms with van der Waals surface area (Å²) in [6.07, 6.45) is 0.384. The van der Waals surface area contributed by atoms with Gasteiger partial charge in [-0.15, -0.1) is 0 Å². The van der Waals surface area contributed by atoms with Crippen molar-refractivity contribution < 1.29 is 28.2 Å². The minimum Gasteiger partial charge on any atom is -0.481 e. The van der Waals surface area contributed by atoms with E-state index in [0.29, 0.717) is 19.5 Å². The van der Waals surface area contributed by atoms with Gasteiger partial charge >= 0.3 is 12.6 Å². The molecule has 0 spiro atoms. The molecule has 1 aliphatic heterocycles. The highest BCUT2D eigenvalue weighted by Crippen LogP contribution is 2.25. The van der Waals surface area contributed by atoms with Crippen molar-refractivity contribution in [3.05, 3.63) is 29.8 Å². The molecule has 1 fully saturated rings. The third-order valence-corrected chi connectivity index (χ3v) is 3.82. The van der Waals surface area contributed by atoms with Crippen LogP contribution in [0.2, 0.25) is 0 Å². The summed E-state index contributed by atoms with van der Waals surface area (Å²) in [4.78, 5) is 25.0. The van der Waals surface area contributed by atoms with Gasteiger partial charge in [0.25, 0.3) is 5.91 Å². The van der Waals surface area contributed by atoms with E-state index in [1.807, 2.05) is 0 Å². The lowest BCUT2D eigenvalue weighted by Gasteiger charge is -2.35. The van der Waals surface area contributed by atoms with Gasteiger partial charge in [0, 0.05) is 18.7 Å². The Morgan fingerprint density at radius 2 is 2.14 bits per heavy atom. The van der Waals surface area contributed by atoms with Crippen LogP contribution >= 0.6 is 0 Å². The summed E-state index contributed by atoms with van der Waals surface area (Å²) in [5, 5.41) is 9.08. The van der Waals surface area contributed by atoms with Crippen LogP contribution < -0.4 is 4.74 Å². The first-order valence-electron chi connectivity index (χ1n) is 6.95. The summed E-state index contributed by atoms with van der Waals surface area (Å²) >= 11 is 0. The van der Waals surface area contributed by atoms with Crippen LogP contribution in [-0.2, 0) is 4.79 Å². The van der Waals surface area contributed by atoms with Crippen molar-refractivity contribution in [1.82, 2.24) is 4.90 Å². The predicted octanol–water partition coefficient (Wildman–Crippen LogP) is 2.47. The van der Waals surface area contributed by atoms with E-state index in [2.05, 4.69) is 4.74 Å². The van der Waals surface area contributed by atoms with Crippen LogP contribution in [0, 0.1) is 11.8 Å². The third-order valence-electron chi connectivity index (χ3n) is 3.82. The highest BCUT2D eigenvalue weighted by atomic mass is 19.3. The van der Waals surface area contributed by atoms with Crippen molar-refractivity contribution in [2.75, 3.05) is 13.1 Å². The average Bonchev–Trinajstić information content (AvgIpc) is 2.45. The summed E-state index contributed by atoms with van der Waals surface area (Å²) in [5.41, 5.74) is 0.249. The number of rotatable bonds is 4. The Bertz CT molecular complexity index is 564. The first-order chi connectivity index (χ1) is 10.4. The molecule has 1 aromatic carbocycles. The molecule has 0 saturated carbocycles. The minimum absolute atomic E-state index is 0.0747. The molecule has 2 atom stereocenters. The van der Waals surface area contributed by atoms with Gasteiger partial charge in [0.05, 0.1) is 5.92 Å². The second-order valence-electron chi connectivity index (χ2n) is 5.37. The van der Waals surface area contributed by atoms with E-state index in [0.717, 1.165) is 0 Å². The first-order valence-corrected chi connectivity index (χ1v) is 6.95. The summed E-state index contributed by atoms with van der Waals surface area (Å²) in [6, 6.07) is 5.61. The Morgan fingerprint density at radius 3 is 2.73 bits per heavy atom. The maximum absolute atomic E-state index is 12.4. The van der Waals surface area contributed by atoms with Gasteiger partial charge in [-0.05, 0) is 30.5 Å². The molecule has 1 amide bonds. The summed E-state index contributed by atoms with van der Waals surface area (Å²) in [5.74, 6) is -1.86. The van der Waals surface area contributed by atoms with Gasteiger partial charge in [0.1, 0.15) is 5.75 Å². The Balaban J connectivity index is 2.07. The number of benzene rings is 1. The molecule has 7 heteroatoms. The van der Waals surface area contributed by atoms with E-state index in [9.17, 15) is 18.4 Å². The van der Waals surface area contributed by atoms with Crippen LogP contribution in [0.5, 0.6) is 5.75 Å². The zero-order valence-corrected chi connectivity index (χ0v) is 12.0. The molecule has 1 heterocycles. The minimum atomic E-state index is -2.95. The molecule has 0 aliphatic carbocycles. The molecule has 22 heavy (non-hydrogen) atoms. The summed E-state index contributed by atoms with van der Waals surface area (Å²) < 4.78 is 28.7. The fourth-order valence-corrected chi connectivity index (χ4v) is 2.68. The van der Waals surface area contributed by atoms with Crippen molar-refractivity contribution in [3.63, 3.8) is 0 Å². The number of hydrogen-bond donors (Lipinski definition) is 1. The maximum atomic E-state index is 12.4. The monoisotopic (exact) mass is 313 g/mol. The van der Waals surface area contributed by atoms with Crippen molar-refractivity contribution in [2.24, 2.45) is 11.8 Å². The second kappa shape index (κ2) is 6.72. The number of amides is 1. The van der Waals surface area contributed by atoms with Crippen molar-refractivity contribution in [1.29, 1.82) is 0 Å². The van der Waals surface area contributed by atoms with E-state index in [1.54, 1.807) is 11.8 Å². The number of alkyl halides is 2. The molecule has 5 nitrogen and oxygen atoms in total. The number of aliphatic carboxylic acids is 1. The topological polar surface area (TPSA) is 66.8 Å². The molecule has 1 aliphatic rings. The quantitative estimate of drug-likeness (QED) is 0.927. The highest BCUT2D eigenvalue weighted by molar-refractivity contribution is 5.94. The molecule has 2 rings (SSSR count).